The maximum Gasteiger partial charge on any atom is 0.410 e. The first kappa shape index (κ1) is 26.7. The number of carbonyl (C=O) groups excluding carboxylic acids is 2. The van der Waals surface area contributed by atoms with E-state index in [9.17, 15) is 14.7 Å². The molecule has 2 aliphatic heterocycles. The van der Waals surface area contributed by atoms with Gasteiger partial charge >= 0.3 is 6.09 Å². The standard InChI is InChI=1S/C27H38N6O4/c1-27(2,3)37-26(36)33-13-9-19(10-14-33)20-5-4-6-21(15-20)30-25-23(24(28)35)29-16-22(31-25)32-11-7-18(17-34)8-12-32/h4-6,15-16,18-19,34H,7-14,17H2,1-3H3,(H2,28,35)(H,30,31). The number of amides is 2. The van der Waals surface area contributed by atoms with Crippen LogP contribution >= 0.6 is 0 Å². The Hall–Kier alpha value is -3.40. The molecule has 0 aliphatic carbocycles. The van der Waals surface area contributed by atoms with Gasteiger partial charge in [-0.1, -0.05) is 12.1 Å². The molecule has 2 saturated heterocycles. The fraction of sp³-hybridized carbons (Fsp3) is 0.556. The van der Waals surface area contributed by atoms with Gasteiger partial charge in [-0.15, -0.1) is 0 Å². The maximum atomic E-state index is 12.4. The van der Waals surface area contributed by atoms with Crippen molar-refractivity contribution in [3.8, 4) is 0 Å². The number of carbonyl (C=O) groups is 2. The zero-order valence-corrected chi connectivity index (χ0v) is 21.9. The van der Waals surface area contributed by atoms with Gasteiger partial charge < -0.3 is 30.7 Å². The summed E-state index contributed by atoms with van der Waals surface area (Å²) in [6.07, 6.45) is 4.77. The molecule has 10 heteroatoms. The quantitative estimate of drug-likeness (QED) is 0.536. The van der Waals surface area contributed by atoms with E-state index in [1.807, 2.05) is 32.9 Å². The van der Waals surface area contributed by atoms with Crippen molar-refractivity contribution in [3.63, 3.8) is 0 Å². The van der Waals surface area contributed by atoms with Crippen LogP contribution < -0.4 is 16.0 Å². The van der Waals surface area contributed by atoms with Gasteiger partial charge in [-0.3, -0.25) is 4.79 Å². The number of likely N-dealkylation sites (tertiary alicyclic amines) is 1. The van der Waals surface area contributed by atoms with Crippen LogP contribution in [-0.4, -0.2) is 70.4 Å². The number of nitrogens with zero attached hydrogens (tertiary/aromatic N) is 4. The maximum absolute atomic E-state index is 12.4. The van der Waals surface area contributed by atoms with Crippen LogP contribution in [0.4, 0.5) is 22.1 Å². The van der Waals surface area contributed by atoms with Crippen LogP contribution in [0, 0.1) is 5.92 Å². The lowest BCUT2D eigenvalue weighted by molar-refractivity contribution is 0.0204. The molecule has 0 atom stereocenters. The Bertz CT molecular complexity index is 1100. The molecule has 2 fully saturated rings. The molecule has 1 aromatic carbocycles. The van der Waals surface area contributed by atoms with Gasteiger partial charge in [0, 0.05) is 38.5 Å². The fourth-order valence-corrected chi connectivity index (χ4v) is 4.87. The van der Waals surface area contributed by atoms with E-state index in [0.29, 0.717) is 36.6 Å². The van der Waals surface area contributed by atoms with E-state index in [4.69, 9.17) is 15.5 Å². The molecule has 200 valence electrons. The molecule has 37 heavy (non-hydrogen) atoms. The number of hydrogen-bond donors (Lipinski definition) is 3. The Morgan fingerprint density at radius 2 is 1.84 bits per heavy atom. The van der Waals surface area contributed by atoms with Crippen LogP contribution in [0.2, 0.25) is 0 Å². The Morgan fingerprint density at radius 1 is 1.14 bits per heavy atom. The molecule has 2 amide bonds. The minimum atomic E-state index is -0.647. The van der Waals surface area contributed by atoms with Crippen LogP contribution in [0.25, 0.3) is 0 Å². The predicted molar refractivity (Wildman–Crippen MR) is 142 cm³/mol. The van der Waals surface area contributed by atoms with Crippen molar-refractivity contribution in [2.24, 2.45) is 11.7 Å². The highest BCUT2D eigenvalue weighted by Gasteiger charge is 2.28. The van der Waals surface area contributed by atoms with E-state index in [1.165, 1.54) is 0 Å². The third-order valence-electron chi connectivity index (χ3n) is 6.96. The Kier molecular flexibility index (Phi) is 8.16. The molecule has 10 nitrogen and oxygen atoms in total. The van der Waals surface area contributed by atoms with Crippen LogP contribution in [0.3, 0.4) is 0 Å². The lowest BCUT2D eigenvalue weighted by Crippen LogP contribution is -2.41. The minimum Gasteiger partial charge on any atom is -0.444 e. The van der Waals surface area contributed by atoms with Crippen molar-refractivity contribution in [1.82, 2.24) is 14.9 Å². The Balaban J connectivity index is 1.45. The van der Waals surface area contributed by atoms with Gasteiger partial charge in [-0.2, -0.15) is 0 Å². The van der Waals surface area contributed by atoms with Crippen LogP contribution in [-0.2, 0) is 4.74 Å². The molecular weight excluding hydrogens is 472 g/mol. The molecule has 0 saturated carbocycles. The minimum absolute atomic E-state index is 0.0880. The highest BCUT2D eigenvalue weighted by molar-refractivity contribution is 5.96. The molecule has 0 radical (unpaired) electrons. The molecule has 1 aromatic heterocycles. The lowest BCUT2D eigenvalue weighted by Gasteiger charge is -2.33. The van der Waals surface area contributed by atoms with Gasteiger partial charge in [0.25, 0.3) is 5.91 Å². The molecule has 4 N–H and O–H groups in total. The third-order valence-corrected chi connectivity index (χ3v) is 6.96. The van der Waals surface area contributed by atoms with Crippen LogP contribution in [0.1, 0.15) is 68.4 Å². The number of primary amides is 1. The van der Waals surface area contributed by atoms with Crippen LogP contribution in [0.15, 0.2) is 30.5 Å². The second kappa shape index (κ2) is 11.3. The highest BCUT2D eigenvalue weighted by atomic mass is 16.6. The van der Waals surface area contributed by atoms with Gasteiger partial charge in [-0.05, 0) is 76.0 Å². The number of aliphatic hydroxyl groups is 1. The fourth-order valence-electron chi connectivity index (χ4n) is 4.87. The van der Waals surface area contributed by atoms with E-state index >= 15 is 0 Å². The average molecular weight is 511 g/mol. The molecule has 2 aromatic rings. The third kappa shape index (κ3) is 6.88. The molecule has 0 bridgehead atoms. The summed E-state index contributed by atoms with van der Waals surface area (Å²) in [4.78, 5) is 37.4. The topological polar surface area (TPSA) is 134 Å². The number of hydrogen-bond acceptors (Lipinski definition) is 8. The van der Waals surface area contributed by atoms with Gasteiger partial charge in [0.1, 0.15) is 11.4 Å². The number of anilines is 3. The summed E-state index contributed by atoms with van der Waals surface area (Å²) in [5.74, 6) is 0.971. The number of nitrogens with one attached hydrogen (secondary N) is 1. The van der Waals surface area contributed by atoms with Crippen molar-refractivity contribution in [2.75, 3.05) is 43.0 Å². The number of nitrogens with two attached hydrogens (primary N) is 1. The average Bonchev–Trinajstić information content (AvgIpc) is 2.88. The summed E-state index contributed by atoms with van der Waals surface area (Å²) < 4.78 is 5.51. The van der Waals surface area contributed by atoms with Crippen molar-refractivity contribution in [1.29, 1.82) is 0 Å². The van der Waals surface area contributed by atoms with Crippen molar-refractivity contribution < 1.29 is 19.4 Å². The molecule has 2 aliphatic rings. The Labute approximate surface area is 218 Å². The second-order valence-electron chi connectivity index (χ2n) is 10.9. The number of benzene rings is 1. The molecular formula is C27H38N6O4. The highest BCUT2D eigenvalue weighted by Crippen LogP contribution is 2.31. The molecule has 4 rings (SSSR count). The molecule has 0 unspecified atom stereocenters. The SMILES string of the molecule is CC(C)(C)OC(=O)N1CCC(c2cccc(Nc3nc(N4CCC(CO)CC4)cnc3C(N)=O)c2)CC1. The molecule has 0 spiro atoms. The van der Waals surface area contributed by atoms with Gasteiger partial charge in [0.15, 0.2) is 11.5 Å². The number of rotatable bonds is 6. The van der Waals surface area contributed by atoms with Crippen LogP contribution in [0.5, 0.6) is 0 Å². The number of ether oxygens (including phenoxy) is 1. The number of aromatic nitrogens is 2. The normalized spacial score (nSPS) is 17.5. The number of aliphatic hydroxyl groups excluding tert-OH is 1. The van der Waals surface area contributed by atoms with Gasteiger partial charge in [0.05, 0.1) is 6.20 Å². The van der Waals surface area contributed by atoms with Crippen molar-refractivity contribution >= 4 is 29.3 Å². The first-order chi connectivity index (χ1) is 17.6. The Morgan fingerprint density at radius 3 is 2.46 bits per heavy atom. The monoisotopic (exact) mass is 510 g/mol. The van der Waals surface area contributed by atoms with Gasteiger partial charge in [0.2, 0.25) is 0 Å². The van der Waals surface area contributed by atoms with Gasteiger partial charge in [-0.25, -0.2) is 14.8 Å². The zero-order chi connectivity index (χ0) is 26.6. The largest absolute Gasteiger partial charge is 0.444 e. The summed E-state index contributed by atoms with van der Waals surface area (Å²) >= 11 is 0. The first-order valence-electron chi connectivity index (χ1n) is 13.0. The second-order valence-corrected chi connectivity index (χ2v) is 10.9. The first-order valence-corrected chi connectivity index (χ1v) is 13.0. The predicted octanol–water partition coefficient (Wildman–Crippen LogP) is 3.64. The summed E-state index contributed by atoms with van der Waals surface area (Å²) in [5, 5.41) is 12.7. The van der Waals surface area contributed by atoms with E-state index in [-0.39, 0.29) is 18.4 Å². The van der Waals surface area contributed by atoms with Crippen molar-refractivity contribution in [2.45, 2.75) is 58.0 Å². The van der Waals surface area contributed by atoms with E-state index in [1.54, 1.807) is 11.1 Å². The van der Waals surface area contributed by atoms with Crippen molar-refractivity contribution in [3.05, 3.63) is 41.7 Å². The summed E-state index contributed by atoms with van der Waals surface area (Å²) in [6, 6.07) is 8.03. The van der Waals surface area contributed by atoms with E-state index in [0.717, 1.165) is 50.0 Å². The smallest absolute Gasteiger partial charge is 0.410 e. The number of piperidine rings is 2. The summed E-state index contributed by atoms with van der Waals surface area (Å²) in [6.45, 7) is 8.65. The summed E-state index contributed by atoms with van der Waals surface area (Å²) in [7, 11) is 0. The zero-order valence-electron chi connectivity index (χ0n) is 21.9. The van der Waals surface area contributed by atoms with E-state index < -0.39 is 11.5 Å². The lowest BCUT2D eigenvalue weighted by atomic mass is 9.89. The molecule has 3 heterocycles. The summed E-state index contributed by atoms with van der Waals surface area (Å²) in [5.41, 5.74) is 7.12. The van der Waals surface area contributed by atoms with E-state index in [2.05, 4.69) is 27.3 Å².